The molecule has 1 amide bonds. The van der Waals surface area contributed by atoms with Crippen LogP contribution in [0.4, 0.5) is 0 Å². The van der Waals surface area contributed by atoms with Crippen molar-refractivity contribution in [2.24, 2.45) is 0 Å². The first kappa shape index (κ1) is 15.6. The second-order valence-electron chi connectivity index (χ2n) is 5.27. The van der Waals surface area contributed by atoms with E-state index in [-0.39, 0.29) is 11.2 Å². The third kappa shape index (κ3) is 3.71. The average Bonchev–Trinajstić information content (AvgIpc) is 2.98. The summed E-state index contributed by atoms with van der Waals surface area (Å²) < 4.78 is 2.02. The van der Waals surface area contributed by atoms with E-state index in [2.05, 4.69) is 15.3 Å². The predicted molar refractivity (Wildman–Crippen MR) is 91.3 cm³/mol. The highest BCUT2D eigenvalue weighted by atomic mass is 32.2. The first-order chi connectivity index (χ1) is 11.1. The summed E-state index contributed by atoms with van der Waals surface area (Å²) in [5, 5.41) is 3.58. The van der Waals surface area contributed by atoms with Gasteiger partial charge in [-0.05, 0) is 38.1 Å². The maximum Gasteiger partial charge on any atom is 0.233 e. The third-order valence-electron chi connectivity index (χ3n) is 3.49. The molecule has 0 aliphatic heterocycles. The summed E-state index contributed by atoms with van der Waals surface area (Å²) in [4.78, 5) is 21.0. The molecule has 0 fully saturated rings. The molecular weight excluding hydrogens is 308 g/mol. The highest BCUT2D eigenvalue weighted by Crippen LogP contribution is 2.20. The van der Waals surface area contributed by atoms with Crippen LogP contribution >= 0.6 is 11.8 Å². The minimum atomic E-state index is -0.205. The number of amides is 1. The molecule has 3 aromatic rings. The zero-order chi connectivity index (χ0) is 16.2. The molecule has 1 N–H and O–H groups in total. The Morgan fingerprint density at radius 1 is 1.30 bits per heavy atom. The Labute approximate surface area is 139 Å². The summed E-state index contributed by atoms with van der Waals surface area (Å²) in [6, 6.07) is 11.6. The van der Waals surface area contributed by atoms with Gasteiger partial charge in [-0.1, -0.05) is 23.9 Å². The minimum Gasteiger partial charge on any atom is -0.349 e. The fraction of sp³-hybridized carbons (Fsp3) is 0.235. The van der Waals surface area contributed by atoms with Gasteiger partial charge in [-0.3, -0.25) is 4.79 Å². The summed E-state index contributed by atoms with van der Waals surface area (Å²) >= 11 is 1.45. The number of aryl methyl sites for hydroxylation is 1. The number of fused-ring (bicyclic) bond motifs is 1. The first-order valence-electron chi connectivity index (χ1n) is 7.42. The van der Waals surface area contributed by atoms with Crippen molar-refractivity contribution in [1.82, 2.24) is 19.7 Å². The van der Waals surface area contributed by atoms with Crippen molar-refractivity contribution in [2.75, 3.05) is 0 Å². The Bertz CT molecular complexity index is 816. The van der Waals surface area contributed by atoms with E-state index in [1.165, 1.54) is 11.8 Å². The monoisotopic (exact) mass is 326 g/mol. The maximum absolute atomic E-state index is 12.2. The van der Waals surface area contributed by atoms with Gasteiger partial charge in [0, 0.05) is 18.1 Å². The number of carbonyl (C=O) groups excluding carboxylic acids is 1. The number of thioether (sulfide) groups is 1. The zero-order valence-corrected chi connectivity index (χ0v) is 13.9. The van der Waals surface area contributed by atoms with Crippen molar-refractivity contribution in [3.63, 3.8) is 0 Å². The summed E-state index contributed by atoms with van der Waals surface area (Å²) in [7, 11) is 0. The minimum absolute atomic E-state index is 0.0190. The van der Waals surface area contributed by atoms with Gasteiger partial charge in [0.2, 0.25) is 5.91 Å². The van der Waals surface area contributed by atoms with Crippen molar-refractivity contribution in [3.05, 3.63) is 60.2 Å². The summed E-state index contributed by atoms with van der Waals surface area (Å²) in [6.07, 6.45) is 3.69. The molecule has 6 heteroatoms. The molecule has 0 unspecified atom stereocenters. The van der Waals surface area contributed by atoms with E-state index in [4.69, 9.17) is 0 Å². The van der Waals surface area contributed by atoms with Crippen molar-refractivity contribution in [1.29, 1.82) is 0 Å². The molecule has 3 aromatic heterocycles. The van der Waals surface area contributed by atoms with E-state index in [9.17, 15) is 4.79 Å². The molecule has 0 aromatic carbocycles. The molecule has 5 nitrogen and oxygen atoms in total. The summed E-state index contributed by atoms with van der Waals surface area (Å²) in [6.45, 7) is 4.33. The fourth-order valence-corrected chi connectivity index (χ4v) is 3.09. The lowest BCUT2D eigenvalue weighted by molar-refractivity contribution is -0.120. The molecule has 0 aliphatic rings. The second-order valence-corrected chi connectivity index (χ2v) is 6.63. The number of aromatic nitrogens is 3. The SMILES string of the molecule is Cc1cccc2nc(CNC(=O)[C@H](C)Sc3ccccn3)cn12. The molecule has 0 saturated carbocycles. The molecule has 1 atom stereocenters. The normalized spacial score (nSPS) is 12.3. The van der Waals surface area contributed by atoms with Crippen molar-refractivity contribution in [3.8, 4) is 0 Å². The van der Waals surface area contributed by atoms with Crippen LogP contribution in [-0.4, -0.2) is 25.5 Å². The van der Waals surface area contributed by atoms with Crippen LogP contribution in [0.5, 0.6) is 0 Å². The smallest absolute Gasteiger partial charge is 0.233 e. The number of nitrogens with zero attached hydrogens (tertiary/aromatic N) is 3. The van der Waals surface area contributed by atoms with Crippen molar-refractivity contribution >= 4 is 23.3 Å². The summed E-state index contributed by atoms with van der Waals surface area (Å²) in [5.41, 5.74) is 2.86. The zero-order valence-electron chi connectivity index (χ0n) is 13.1. The predicted octanol–water partition coefficient (Wildman–Crippen LogP) is 2.83. The van der Waals surface area contributed by atoms with E-state index < -0.39 is 0 Å². The lowest BCUT2D eigenvalue weighted by atomic mass is 10.4. The van der Waals surface area contributed by atoms with E-state index >= 15 is 0 Å². The molecule has 3 rings (SSSR count). The molecule has 0 saturated heterocycles. The quantitative estimate of drug-likeness (QED) is 0.733. The highest BCUT2D eigenvalue weighted by molar-refractivity contribution is 8.00. The fourth-order valence-electron chi connectivity index (χ4n) is 2.26. The topological polar surface area (TPSA) is 59.3 Å². The average molecular weight is 326 g/mol. The van der Waals surface area contributed by atoms with Gasteiger partial charge in [-0.15, -0.1) is 0 Å². The number of carbonyl (C=O) groups is 1. The molecule has 0 bridgehead atoms. The van der Waals surface area contributed by atoms with Crippen LogP contribution in [-0.2, 0) is 11.3 Å². The van der Waals surface area contributed by atoms with Gasteiger partial charge in [0.25, 0.3) is 0 Å². The number of imidazole rings is 1. The van der Waals surface area contributed by atoms with Crippen LogP contribution in [0.1, 0.15) is 18.3 Å². The Morgan fingerprint density at radius 3 is 2.91 bits per heavy atom. The van der Waals surface area contributed by atoms with Crippen molar-refractivity contribution in [2.45, 2.75) is 30.7 Å². The van der Waals surface area contributed by atoms with Crippen LogP contribution in [0, 0.1) is 6.92 Å². The maximum atomic E-state index is 12.2. The van der Waals surface area contributed by atoms with Crippen LogP contribution in [0.25, 0.3) is 5.65 Å². The Morgan fingerprint density at radius 2 is 2.17 bits per heavy atom. The molecule has 3 heterocycles. The van der Waals surface area contributed by atoms with Gasteiger partial charge in [0.1, 0.15) is 5.65 Å². The van der Waals surface area contributed by atoms with Gasteiger partial charge in [0.15, 0.2) is 0 Å². The van der Waals surface area contributed by atoms with E-state index in [0.717, 1.165) is 22.1 Å². The van der Waals surface area contributed by atoms with Crippen LogP contribution in [0.15, 0.2) is 53.8 Å². The van der Waals surface area contributed by atoms with E-state index in [1.54, 1.807) is 6.20 Å². The highest BCUT2D eigenvalue weighted by Gasteiger charge is 2.15. The van der Waals surface area contributed by atoms with Gasteiger partial charge in [0.05, 0.1) is 22.5 Å². The van der Waals surface area contributed by atoms with Crippen LogP contribution in [0.2, 0.25) is 0 Å². The standard InChI is InChI=1S/C17H18N4OS/c1-12-6-5-7-15-20-14(11-21(12)15)10-19-17(22)13(2)23-16-8-3-4-9-18-16/h3-9,11,13H,10H2,1-2H3,(H,19,22)/t13-/m0/s1. The largest absolute Gasteiger partial charge is 0.349 e. The number of pyridine rings is 2. The first-order valence-corrected chi connectivity index (χ1v) is 8.30. The molecular formula is C17H18N4OS. The Kier molecular flexibility index (Phi) is 4.62. The van der Waals surface area contributed by atoms with E-state index in [1.807, 2.05) is 60.8 Å². The summed E-state index contributed by atoms with van der Waals surface area (Å²) in [5.74, 6) is -0.0190. The van der Waals surface area contributed by atoms with Gasteiger partial charge < -0.3 is 9.72 Å². The van der Waals surface area contributed by atoms with Gasteiger partial charge >= 0.3 is 0 Å². The molecule has 0 aliphatic carbocycles. The van der Waals surface area contributed by atoms with Crippen molar-refractivity contribution < 1.29 is 4.79 Å². The van der Waals surface area contributed by atoms with Gasteiger partial charge in [-0.2, -0.15) is 0 Å². The van der Waals surface area contributed by atoms with Crippen LogP contribution in [0.3, 0.4) is 0 Å². The molecule has 0 spiro atoms. The number of rotatable bonds is 5. The molecule has 23 heavy (non-hydrogen) atoms. The van der Waals surface area contributed by atoms with Crippen LogP contribution < -0.4 is 5.32 Å². The second kappa shape index (κ2) is 6.83. The lowest BCUT2D eigenvalue weighted by Gasteiger charge is -2.10. The van der Waals surface area contributed by atoms with Gasteiger partial charge in [-0.25, -0.2) is 9.97 Å². The Balaban J connectivity index is 1.60. The lowest BCUT2D eigenvalue weighted by Crippen LogP contribution is -2.30. The third-order valence-corrected chi connectivity index (χ3v) is 4.54. The number of hydrogen-bond acceptors (Lipinski definition) is 4. The Hall–Kier alpha value is -2.34. The molecule has 118 valence electrons. The number of nitrogens with one attached hydrogen (secondary N) is 1. The molecule has 0 radical (unpaired) electrons. The number of hydrogen-bond donors (Lipinski definition) is 1. The van der Waals surface area contributed by atoms with E-state index in [0.29, 0.717) is 6.54 Å².